The van der Waals surface area contributed by atoms with Gasteiger partial charge in [0.25, 0.3) is 0 Å². The fraction of sp³-hybridized carbons (Fsp3) is 0.971. The fourth-order valence-corrected chi connectivity index (χ4v) is 4.17. The van der Waals surface area contributed by atoms with E-state index in [0.29, 0.717) is 165 Å². The minimum atomic E-state index is -0.510. The van der Waals surface area contributed by atoms with Gasteiger partial charge in [0.2, 0.25) is 0 Å². The first kappa shape index (κ1) is 47.8. The molecule has 16 heteroatoms. The molecule has 0 aromatic heterocycles. The molecule has 0 aliphatic carbocycles. The Morgan fingerprint density at radius 3 is 1.06 bits per heavy atom. The molecule has 1 aliphatic rings. The van der Waals surface area contributed by atoms with E-state index in [0.717, 1.165) is 25.9 Å². The summed E-state index contributed by atoms with van der Waals surface area (Å²) < 4.78 is 71.5. The van der Waals surface area contributed by atoms with Crippen molar-refractivity contribution in [1.29, 1.82) is 0 Å². The number of nitrogens with zero attached hydrogens (tertiary/aromatic N) is 1. The van der Waals surface area contributed by atoms with E-state index in [1.165, 1.54) is 4.90 Å². The van der Waals surface area contributed by atoms with Crippen LogP contribution in [0.25, 0.3) is 0 Å². The van der Waals surface area contributed by atoms with Crippen LogP contribution in [0.3, 0.4) is 0 Å². The molecule has 0 aromatic rings. The van der Waals surface area contributed by atoms with Gasteiger partial charge in [-0.2, -0.15) is 0 Å². The second kappa shape index (κ2) is 35.8. The summed E-state index contributed by atoms with van der Waals surface area (Å²) in [6.45, 7) is 19.7. The number of hydrogen-bond donors (Lipinski definition) is 1. The van der Waals surface area contributed by atoms with E-state index in [1.807, 2.05) is 20.8 Å². The molecule has 1 heterocycles. The molecule has 1 N–H and O–H groups in total. The average molecular weight is 743 g/mol. The summed E-state index contributed by atoms with van der Waals surface area (Å²) in [7, 11) is 1.68. The number of carbonyl (C=O) groups excluding carboxylic acids is 1. The second-order valence-corrected chi connectivity index (χ2v) is 12.5. The molecule has 0 bridgehead atoms. The van der Waals surface area contributed by atoms with Crippen molar-refractivity contribution in [3.63, 3.8) is 0 Å². The van der Waals surface area contributed by atoms with Crippen molar-refractivity contribution < 1.29 is 66.4 Å². The predicted octanol–water partition coefficient (Wildman–Crippen LogP) is 1.80. The minimum Gasteiger partial charge on any atom is -0.444 e. The molecule has 0 unspecified atom stereocenters. The van der Waals surface area contributed by atoms with Crippen molar-refractivity contribution >= 4 is 6.09 Å². The molecule has 1 rings (SSSR count). The van der Waals surface area contributed by atoms with Crippen LogP contribution in [0.15, 0.2) is 0 Å². The van der Waals surface area contributed by atoms with Gasteiger partial charge in [-0.15, -0.1) is 0 Å². The van der Waals surface area contributed by atoms with Crippen LogP contribution in [0, 0.1) is 0 Å². The molecule has 0 saturated carbocycles. The van der Waals surface area contributed by atoms with Crippen LogP contribution < -0.4 is 5.32 Å². The number of likely N-dealkylation sites (N-methyl/N-ethyl adjacent to an activating group) is 1. The maximum Gasteiger partial charge on any atom is 0.410 e. The van der Waals surface area contributed by atoms with Gasteiger partial charge in [-0.25, -0.2) is 4.79 Å². The number of piperidine rings is 1. The van der Waals surface area contributed by atoms with Crippen LogP contribution in [-0.2, 0) is 61.6 Å². The van der Waals surface area contributed by atoms with E-state index in [1.54, 1.807) is 7.05 Å². The highest BCUT2D eigenvalue weighted by molar-refractivity contribution is 5.67. The van der Waals surface area contributed by atoms with Crippen molar-refractivity contribution in [1.82, 2.24) is 10.2 Å². The number of amides is 1. The molecule has 51 heavy (non-hydrogen) atoms. The zero-order valence-electron chi connectivity index (χ0n) is 32.0. The van der Waals surface area contributed by atoms with E-state index >= 15 is 0 Å². The van der Waals surface area contributed by atoms with Gasteiger partial charge in [-0.3, -0.25) is 0 Å². The first-order valence-corrected chi connectivity index (χ1v) is 18.5. The highest BCUT2D eigenvalue weighted by atomic mass is 16.6. The molecule has 0 spiro atoms. The molecule has 16 nitrogen and oxygen atoms in total. The van der Waals surface area contributed by atoms with E-state index in [4.69, 9.17) is 61.6 Å². The lowest BCUT2D eigenvalue weighted by molar-refractivity contribution is -0.0326. The summed E-state index contributed by atoms with van der Waals surface area (Å²) in [5, 5.41) is 3.33. The molecule has 304 valence electrons. The highest BCUT2D eigenvalue weighted by Gasteiger charge is 2.19. The fourth-order valence-electron chi connectivity index (χ4n) is 4.17. The van der Waals surface area contributed by atoms with Crippen LogP contribution in [0.1, 0.15) is 33.6 Å². The lowest BCUT2D eigenvalue weighted by Crippen LogP contribution is -2.36. The molecular formula is C35H70N2O14. The second-order valence-electron chi connectivity index (χ2n) is 12.5. The van der Waals surface area contributed by atoms with E-state index in [2.05, 4.69) is 5.32 Å². The van der Waals surface area contributed by atoms with Crippen LogP contribution in [0.4, 0.5) is 4.79 Å². The van der Waals surface area contributed by atoms with Crippen LogP contribution in [0.5, 0.6) is 0 Å². The van der Waals surface area contributed by atoms with E-state index in [-0.39, 0.29) is 6.09 Å². The summed E-state index contributed by atoms with van der Waals surface area (Å²) in [5.74, 6) is 0. The Labute approximate surface area is 306 Å². The number of hydrogen-bond acceptors (Lipinski definition) is 15. The predicted molar refractivity (Wildman–Crippen MR) is 190 cm³/mol. The van der Waals surface area contributed by atoms with Crippen LogP contribution >= 0.6 is 0 Å². The van der Waals surface area contributed by atoms with Gasteiger partial charge < -0.3 is 71.8 Å². The standard InChI is InChI=1S/C35H70N2O14/c1-35(2,3)51-34(38)37(4)9-10-39-11-12-40-13-14-41-15-16-42-17-18-43-19-20-44-21-22-45-23-24-46-25-26-47-27-28-48-29-30-49-31-32-50-33-5-7-36-8-6-33/h33,36H,5-32H2,1-4H3. The summed E-state index contributed by atoms with van der Waals surface area (Å²) >= 11 is 0. The van der Waals surface area contributed by atoms with Crippen molar-refractivity contribution in [3.8, 4) is 0 Å². The quantitative estimate of drug-likeness (QED) is 0.0921. The van der Waals surface area contributed by atoms with E-state index in [9.17, 15) is 4.79 Å². The van der Waals surface area contributed by atoms with Crippen molar-refractivity contribution in [2.24, 2.45) is 0 Å². The third kappa shape index (κ3) is 35.5. The summed E-state index contributed by atoms with van der Waals surface area (Å²) in [6, 6.07) is 0. The van der Waals surface area contributed by atoms with E-state index < -0.39 is 5.60 Å². The minimum absolute atomic E-state index is 0.364. The van der Waals surface area contributed by atoms with Crippen molar-refractivity contribution in [2.45, 2.75) is 45.3 Å². The van der Waals surface area contributed by atoms with Gasteiger partial charge in [0, 0.05) is 13.6 Å². The lowest BCUT2D eigenvalue weighted by atomic mass is 10.1. The number of nitrogens with one attached hydrogen (secondary N) is 1. The maximum atomic E-state index is 11.9. The first-order valence-electron chi connectivity index (χ1n) is 18.5. The van der Waals surface area contributed by atoms with Crippen LogP contribution in [0.2, 0.25) is 0 Å². The molecule has 0 aromatic carbocycles. The Morgan fingerprint density at radius 2 is 0.765 bits per heavy atom. The third-order valence-electron chi connectivity index (χ3n) is 6.86. The van der Waals surface area contributed by atoms with Gasteiger partial charge >= 0.3 is 6.09 Å². The van der Waals surface area contributed by atoms with Crippen molar-refractivity contribution in [2.75, 3.05) is 179 Å². The molecule has 0 radical (unpaired) electrons. The SMILES string of the molecule is CN(CCOCCOCCOCCOCCOCCOCCOCCOCCOCCOCCOCCOC1CCNCC1)C(=O)OC(C)(C)C. The zero-order valence-corrected chi connectivity index (χ0v) is 32.0. The Morgan fingerprint density at radius 1 is 0.490 bits per heavy atom. The normalized spacial score (nSPS) is 14.0. The van der Waals surface area contributed by atoms with Gasteiger partial charge in [0.15, 0.2) is 0 Å². The summed E-state index contributed by atoms with van der Waals surface area (Å²) in [4.78, 5) is 13.4. The third-order valence-corrected chi connectivity index (χ3v) is 6.86. The number of rotatable bonds is 37. The van der Waals surface area contributed by atoms with Gasteiger partial charge in [-0.05, 0) is 46.7 Å². The Hall–Kier alpha value is -1.25. The monoisotopic (exact) mass is 742 g/mol. The van der Waals surface area contributed by atoms with Gasteiger partial charge in [0.1, 0.15) is 5.60 Å². The number of carbonyl (C=O) groups is 1. The molecular weight excluding hydrogens is 672 g/mol. The topological polar surface area (TPSA) is 152 Å². The van der Waals surface area contributed by atoms with Crippen molar-refractivity contribution in [3.05, 3.63) is 0 Å². The Balaban J connectivity index is 1.63. The molecule has 1 fully saturated rings. The average Bonchev–Trinajstić information content (AvgIpc) is 3.11. The molecule has 1 saturated heterocycles. The highest BCUT2D eigenvalue weighted by Crippen LogP contribution is 2.09. The van der Waals surface area contributed by atoms with Gasteiger partial charge in [0.05, 0.1) is 158 Å². The zero-order chi connectivity index (χ0) is 36.9. The Kier molecular flexibility index (Phi) is 33.5. The largest absolute Gasteiger partial charge is 0.444 e. The maximum absolute atomic E-state index is 11.9. The molecule has 0 atom stereocenters. The molecule has 1 aliphatic heterocycles. The smallest absolute Gasteiger partial charge is 0.410 e. The van der Waals surface area contributed by atoms with Gasteiger partial charge in [-0.1, -0.05) is 0 Å². The molecule has 1 amide bonds. The number of ether oxygens (including phenoxy) is 13. The summed E-state index contributed by atoms with van der Waals surface area (Å²) in [6.07, 6.45) is 2.16. The Bertz CT molecular complexity index is 744. The van der Waals surface area contributed by atoms with Crippen LogP contribution in [-0.4, -0.2) is 201 Å². The summed E-state index contributed by atoms with van der Waals surface area (Å²) in [5.41, 5.74) is -0.510. The lowest BCUT2D eigenvalue weighted by Gasteiger charge is -2.24. The first-order chi connectivity index (χ1) is 24.9.